The van der Waals surface area contributed by atoms with Gasteiger partial charge < -0.3 is 9.64 Å². The minimum absolute atomic E-state index is 0.0759. The number of nitrogens with zero attached hydrogens (tertiary/aromatic N) is 1. The van der Waals surface area contributed by atoms with Crippen molar-refractivity contribution in [1.29, 1.82) is 0 Å². The van der Waals surface area contributed by atoms with Gasteiger partial charge in [0.25, 0.3) is 5.91 Å². The van der Waals surface area contributed by atoms with E-state index in [2.05, 4.69) is 28.1 Å². The van der Waals surface area contributed by atoms with Crippen LogP contribution in [0.5, 0.6) is 0 Å². The number of rotatable bonds is 8. The van der Waals surface area contributed by atoms with Gasteiger partial charge in [-0.25, -0.2) is 0 Å². The molecule has 1 aromatic carbocycles. The fourth-order valence-corrected chi connectivity index (χ4v) is 3.73. The maximum absolute atomic E-state index is 12.6. The molecule has 0 unspecified atom stereocenters. The van der Waals surface area contributed by atoms with Crippen molar-refractivity contribution < 1.29 is 9.53 Å². The summed E-state index contributed by atoms with van der Waals surface area (Å²) in [4.78, 5) is 15.3. The molecule has 0 spiro atoms. The highest BCUT2D eigenvalue weighted by atomic mass is 79.9. The zero-order valence-electron chi connectivity index (χ0n) is 12.6. The Bertz CT molecular complexity index is 585. The molecule has 0 saturated heterocycles. The predicted molar refractivity (Wildman–Crippen MR) is 94.6 cm³/mol. The van der Waals surface area contributed by atoms with E-state index in [1.165, 1.54) is 16.9 Å². The Balaban J connectivity index is 1.94. The number of halogens is 1. The van der Waals surface area contributed by atoms with E-state index in [9.17, 15) is 4.79 Å². The van der Waals surface area contributed by atoms with Gasteiger partial charge in [-0.1, -0.05) is 30.3 Å². The van der Waals surface area contributed by atoms with Gasteiger partial charge in [-0.2, -0.15) is 0 Å². The SMILES string of the molecule is COCCN(CCCc1ccccc1)C(=O)c1sccc1Br. The van der Waals surface area contributed by atoms with Gasteiger partial charge in [0.15, 0.2) is 0 Å². The number of carbonyl (C=O) groups is 1. The molecule has 5 heteroatoms. The second kappa shape index (κ2) is 9.08. The third-order valence-electron chi connectivity index (χ3n) is 3.40. The number of methoxy groups -OCH3 is 1. The lowest BCUT2D eigenvalue weighted by molar-refractivity contribution is 0.0697. The van der Waals surface area contributed by atoms with Crippen LogP contribution in [0.1, 0.15) is 21.7 Å². The Hall–Kier alpha value is -1.17. The smallest absolute Gasteiger partial charge is 0.265 e. The third-order valence-corrected chi connectivity index (χ3v) is 5.23. The van der Waals surface area contributed by atoms with Gasteiger partial charge in [-0.05, 0) is 45.8 Å². The molecule has 0 bridgehead atoms. The van der Waals surface area contributed by atoms with Crippen LogP contribution in [0, 0.1) is 0 Å². The van der Waals surface area contributed by atoms with Crippen LogP contribution in [0.25, 0.3) is 0 Å². The second-order valence-electron chi connectivity index (χ2n) is 4.97. The lowest BCUT2D eigenvalue weighted by Gasteiger charge is -2.22. The Morgan fingerprint density at radius 3 is 2.64 bits per heavy atom. The Morgan fingerprint density at radius 1 is 1.23 bits per heavy atom. The first-order chi connectivity index (χ1) is 10.7. The highest BCUT2D eigenvalue weighted by Crippen LogP contribution is 2.24. The minimum Gasteiger partial charge on any atom is -0.383 e. The number of amides is 1. The van der Waals surface area contributed by atoms with Gasteiger partial charge in [-0.3, -0.25) is 4.79 Å². The molecular weight excluding hydrogens is 362 g/mol. The fraction of sp³-hybridized carbons (Fsp3) is 0.353. The van der Waals surface area contributed by atoms with Crippen molar-refractivity contribution in [2.24, 2.45) is 0 Å². The number of carbonyl (C=O) groups excluding carboxylic acids is 1. The molecule has 0 N–H and O–H groups in total. The Labute approximate surface area is 144 Å². The fourth-order valence-electron chi connectivity index (χ4n) is 2.23. The molecule has 0 fully saturated rings. The summed E-state index contributed by atoms with van der Waals surface area (Å²) < 4.78 is 6.00. The molecule has 1 amide bonds. The topological polar surface area (TPSA) is 29.5 Å². The lowest BCUT2D eigenvalue weighted by Crippen LogP contribution is -2.34. The Kier molecular flexibility index (Phi) is 7.09. The minimum atomic E-state index is 0.0759. The van der Waals surface area contributed by atoms with E-state index in [0.29, 0.717) is 13.2 Å². The van der Waals surface area contributed by atoms with Crippen molar-refractivity contribution in [2.45, 2.75) is 12.8 Å². The summed E-state index contributed by atoms with van der Waals surface area (Å²) >= 11 is 4.91. The van der Waals surface area contributed by atoms with E-state index in [1.807, 2.05) is 34.5 Å². The first-order valence-electron chi connectivity index (χ1n) is 7.27. The van der Waals surface area contributed by atoms with Crippen LogP contribution in [0.2, 0.25) is 0 Å². The summed E-state index contributed by atoms with van der Waals surface area (Å²) in [6.07, 6.45) is 1.92. The molecule has 0 atom stereocenters. The molecule has 0 aliphatic rings. The molecule has 2 aromatic rings. The zero-order valence-corrected chi connectivity index (χ0v) is 15.0. The monoisotopic (exact) mass is 381 g/mol. The van der Waals surface area contributed by atoms with Gasteiger partial charge >= 0.3 is 0 Å². The molecule has 0 aliphatic heterocycles. The quantitative estimate of drug-likeness (QED) is 0.684. The maximum atomic E-state index is 12.6. The van der Waals surface area contributed by atoms with Crippen molar-refractivity contribution in [2.75, 3.05) is 26.8 Å². The van der Waals surface area contributed by atoms with E-state index >= 15 is 0 Å². The van der Waals surface area contributed by atoms with Gasteiger partial charge in [-0.15, -0.1) is 11.3 Å². The van der Waals surface area contributed by atoms with E-state index in [-0.39, 0.29) is 5.91 Å². The number of benzene rings is 1. The van der Waals surface area contributed by atoms with E-state index < -0.39 is 0 Å². The number of thiophene rings is 1. The van der Waals surface area contributed by atoms with Gasteiger partial charge in [0, 0.05) is 24.7 Å². The van der Waals surface area contributed by atoms with Crippen LogP contribution in [0.3, 0.4) is 0 Å². The lowest BCUT2D eigenvalue weighted by atomic mass is 10.1. The van der Waals surface area contributed by atoms with Crippen LogP contribution < -0.4 is 0 Å². The van der Waals surface area contributed by atoms with Gasteiger partial charge in [0.1, 0.15) is 4.88 Å². The largest absolute Gasteiger partial charge is 0.383 e. The molecule has 3 nitrogen and oxygen atoms in total. The second-order valence-corrected chi connectivity index (χ2v) is 6.74. The molecular formula is C17H20BrNO2S. The summed E-state index contributed by atoms with van der Waals surface area (Å²) in [5.41, 5.74) is 1.30. The third kappa shape index (κ3) is 4.93. The van der Waals surface area contributed by atoms with Crippen LogP contribution in [-0.4, -0.2) is 37.6 Å². The Morgan fingerprint density at radius 2 is 2.00 bits per heavy atom. The number of hydrogen-bond acceptors (Lipinski definition) is 3. The maximum Gasteiger partial charge on any atom is 0.265 e. The van der Waals surface area contributed by atoms with Crippen molar-refractivity contribution in [3.05, 3.63) is 56.7 Å². The molecule has 0 saturated carbocycles. The summed E-state index contributed by atoms with van der Waals surface area (Å²) in [5.74, 6) is 0.0759. The van der Waals surface area contributed by atoms with Crippen molar-refractivity contribution >= 4 is 33.2 Å². The first-order valence-corrected chi connectivity index (χ1v) is 8.94. The first kappa shape index (κ1) is 17.2. The van der Waals surface area contributed by atoms with Gasteiger partial charge in [0.05, 0.1) is 6.61 Å². The molecule has 1 aromatic heterocycles. The average Bonchev–Trinajstić information content (AvgIpc) is 2.97. The standard InChI is InChI=1S/C17H20BrNO2S/c1-21-12-11-19(17(20)16-15(18)9-13-22-16)10-5-8-14-6-3-2-4-7-14/h2-4,6-7,9,13H,5,8,10-12H2,1H3. The van der Waals surface area contributed by atoms with Crippen molar-refractivity contribution in [3.63, 3.8) is 0 Å². The average molecular weight is 382 g/mol. The summed E-state index contributed by atoms with van der Waals surface area (Å²) in [7, 11) is 1.66. The zero-order chi connectivity index (χ0) is 15.8. The molecule has 1 heterocycles. The van der Waals surface area contributed by atoms with Crippen molar-refractivity contribution in [1.82, 2.24) is 4.90 Å². The summed E-state index contributed by atoms with van der Waals surface area (Å²) in [6.45, 7) is 1.91. The number of ether oxygens (including phenoxy) is 1. The molecule has 22 heavy (non-hydrogen) atoms. The van der Waals surface area contributed by atoms with E-state index in [4.69, 9.17) is 4.74 Å². The van der Waals surface area contributed by atoms with E-state index in [1.54, 1.807) is 7.11 Å². The summed E-state index contributed by atoms with van der Waals surface area (Å²) in [5, 5.41) is 1.93. The van der Waals surface area contributed by atoms with Crippen LogP contribution in [-0.2, 0) is 11.2 Å². The van der Waals surface area contributed by atoms with Crippen molar-refractivity contribution in [3.8, 4) is 0 Å². The van der Waals surface area contributed by atoms with E-state index in [0.717, 1.165) is 28.7 Å². The van der Waals surface area contributed by atoms with Crippen LogP contribution in [0.15, 0.2) is 46.3 Å². The predicted octanol–water partition coefficient (Wildman–Crippen LogP) is 4.23. The number of aryl methyl sites for hydroxylation is 1. The molecule has 118 valence electrons. The molecule has 0 aliphatic carbocycles. The highest BCUT2D eigenvalue weighted by molar-refractivity contribution is 9.10. The molecule has 2 rings (SSSR count). The number of hydrogen-bond donors (Lipinski definition) is 0. The highest BCUT2D eigenvalue weighted by Gasteiger charge is 2.19. The normalized spacial score (nSPS) is 10.6. The van der Waals surface area contributed by atoms with Crippen LogP contribution in [0.4, 0.5) is 0 Å². The van der Waals surface area contributed by atoms with Gasteiger partial charge in [0.2, 0.25) is 0 Å². The summed E-state index contributed by atoms with van der Waals surface area (Å²) in [6, 6.07) is 12.3. The molecule has 0 radical (unpaired) electrons. The van der Waals surface area contributed by atoms with Crippen LogP contribution >= 0.6 is 27.3 Å².